The molecule has 2 N–H and O–H groups in total. The van der Waals surface area contributed by atoms with Crippen LogP contribution in [0.4, 0.5) is 8.78 Å². The van der Waals surface area contributed by atoms with Crippen LogP contribution in [0.2, 0.25) is 0 Å². The fourth-order valence-electron chi connectivity index (χ4n) is 0.751. The van der Waals surface area contributed by atoms with Crippen LogP contribution in [-0.2, 0) is 6.54 Å². The van der Waals surface area contributed by atoms with E-state index in [1.165, 1.54) is 6.07 Å². The van der Waals surface area contributed by atoms with Crippen molar-refractivity contribution in [3.63, 3.8) is 0 Å². The summed E-state index contributed by atoms with van der Waals surface area (Å²) < 4.78 is 24.7. The monoisotopic (exact) mass is 236 g/mol. The van der Waals surface area contributed by atoms with Crippen molar-refractivity contribution in [3.05, 3.63) is 28.0 Å². The highest BCUT2D eigenvalue weighted by Gasteiger charge is 2.09. The Morgan fingerprint density at radius 2 is 2.25 bits per heavy atom. The minimum absolute atomic E-state index is 0.0981. The topological polar surface area (TPSA) is 38.9 Å². The third-order valence-electron chi connectivity index (χ3n) is 1.38. The summed E-state index contributed by atoms with van der Waals surface area (Å²) in [5.41, 5.74) is 5.78. The lowest BCUT2D eigenvalue weighted by Gasteiger charge is -2.02. The second-order valence-electron chi connectivity index (χ2n) is 2.20. The molecular weight excluding hydrogens is 230 g/mol. The minimum Gasteiger partial charge on any atom is -0.325 e. The Balaban J connectivity index is 3.02. The van der Waals surface area contributed by atoms with Crippen LogP contribution in [0.25, 0.3) is 0 Å². The summed E-state index contributed by atoms with van der Waals surface area (Å²) in [5, 5.41) is 0. The predicted octanol–water partition coefficient (Wildman–Crippen LogP) is 2.24. The number of rotatable bonds is 2. The van der Waals surface area contributed by atoms with Gasteiger partial charge in [-0.2, -0.15) is 0 Å². The SMILES string of the molecule is NCc1ncc(C(F)F)cc1Br. The van der Waals surface area contributed by atoms with Crippen LogP contribution in [0.5, 0.6) is 0 Å². The lowest BCUT2D eigenvalue weighted by atomic mass is 10.2. The Bertz CT molecular complexity index is 278. The molecule has 0 bridgehead atoms. The van der Waals surface area contributed by atoms with Gasteiger partial charge in [0.05, 0.1) is 5.69 Å². The smallest absolute Gasteiger partial charge is 0.265 e. The Labute approximate surface area is 76.9 Å². The van der Waals surface area contributed by atoms with Gasteiger partial charge in [-0.1, -0.05) is 0 Å². The van der Waals surface area contributed by atoms with Crippen LogP contribution in [0.15, 0.2) is 16.7 Å². The van der Waals surface area contributed by atoms with Crippen LogP contribution in [-0.4, -0.2) is 4.98 Å². The molecule has 0 aromatic carbocycles. The summed E-state index contributed by atoms with van der Waals surface area (Å²) >= 11 is 3.10. The van der Waals surface area contributed by atoms with Gasteiger partial charge in [-0.15, -0.1) is 0 Å². The molecule has 0 fully saturated rings. The molecular formula is C7H7BrF2N2. The molecule has 0 radical (unpaired) electrons. The molecule has 1 rings (SSSR count). The van der Waals surface area contributed by atoms with Crippen molar-refractivity contribution in [2.24, 2.45) is 5.73 Å². The maximum absolute atomic E-state index is 12.1. The van der Waals surface area contributed by atoms with E-state index in [9.17, 15) is 8.78 Å². The lowest BCUT2D eigenvalue weighted by Crippen LogP contribution is -2.01. The summed E-state index contributed by atoms with van der Waals surface area (Å²) in [4.78, 5) is 3.77. The number of alkyl halides is 2. The van der Waals surface area contributed by atoms with Crippen molar-refractivity contribution in [2.45, 2.75) is 13.0 Å². The van der Waals surface area contributed by atoms with Gasteiger partial charge in [-0.3, -0.25) is 4.98 Å². The van der Waals surface area contributed by atoms with E-state index in [1.54, 1.807) is 0 Å². The summed E-state index contributed by atoms with van der Waals surface area (Å²) in [7, 11) is 0. The van der Waals surface area contributed by atoms with E-state index in [-0.39, 0.29) is 12.1 Å². The van der Waals surface area contributed by atoms with Crippen LogP contribution in [0, 0.1) is 0 Å². The van der Waals surface area contributed by atoms with Gasteiger partial charge in [0.15, 0.2) is 0 Å². The average Bonchev–Trinajstić information content (AvgIpc) is 2.04. The number of pyridine rings is 1. The summed E-state index contributed by atoms with van der Waals surface area (Å²) in [6.45, 7) is 0.240. The van der Waals surface area contributed by atoms with Gasteiger partial charge >= 0.3 is 0 Å². The molecule has 1 aromatic rings. The van der Waals surface area contributed by atoms with E-state index < -0.39 is 6.43 Å². The third-order valence-corrected chi connectivity index (χ3v) is 2.07. The molecule has 0 saturated heterocycles. The van der Waals surface area contributed by atoms with Gasteiger partial charge < -0.3 is 5.73 Å². The molecule has 0 amide bonds. The zero-order chi connectivity index (χ0) is 9.14. The fourth-order valence-corrected chi connectivity index (χ4v) is 1.28. The highest BCUT2D eigenvalue weighted by molar-refractivity contribution is 9.10. The molecule has 12 heavy (non-hydrogen) atoms. The zero-order valence-electron chi connectivity index (χ0n) is 6.10. The first-order chi connectivity index (χ1) is 5.65. The third kappa shape index (κ3) is 1.98. The molecule has 66 valence electrons. The Morgan fingerprint density at radius 1 is 1.58 bits per heavy atom. The predicted molar refractivity (Wildman–Crippen MR) is 44.8 cm³/mol. The molecule has 0 aliphatic heterocycles. The Hall–Kier alpha value is -0.550. The van der Waals surface area contributed by atoms with E-state index in [2.05, 4.69) is 20.9 Å². The van der Waals surface area contributed by atoms with Crippen molar-refractivity contribution in [2.75, 3.05) is 0 Å². The van der Waals surface area contributed by atoms with Gasteiger partial charge in [0.1, 0.15) is 0 Å². The quantitative estimate of drug-likeness (QED) is 0.856. The van der Waals surface area contributed by atoms with Crippen LogP contribution in [0.1, 0.15) is 17.7 Å². The Kier molecular flexibility index (Phi) is 3.11. The van der Waals surface area contributed by atoms with Gasteiger partial charge in [0.25, 0.3) is 6.43 Å². The van der Waals surface area contributed by atoms with Gasteiger partial charge in [-0.05, 0) is 22.0 Å². The molecule has 0 spiro atoms. The van der Waals surface area contributed by atoms with E-state index in [4.69, 9.17) is 5.73 Å². The maximum Gasteiger partial charge on any atom is 0.265 e. The number of nitrogens with zero attached hydrogens (tertiary/aromatic N) is 1. The lowest BCUT2D eigenvalue weighted by molar-refractivity contribution is 0.151. The maximum atomic E-state index is 12.1. The molecule has 0 aliphatic rings. The highest BCUT2D eigenvalue weighted by atomic mass is 79.9. The number of aromatic nitrogens is 1. The van der Waals surface area contributed by atoms with E-state index in [0.29, 0.717) is 10.2 Å². The average molecular weight is 237 g/mol. The van der Waals surface area contributed by atoms with E-state index in [1.807, 2.05) is 0 Å². The van der Waals surface area contributed by atoms with Crippen LogP contribution < -0.4 is 5.73 Å². The summed E-state index contributed by atoms with van der Waals surface area (Å²) in [5.74, 6) is 0. The first-order valence-electron chi connectivity index (χ1n) is 3.27. The van der Waals surface area contributed by atoms with Crippen molar-refractivity contribution in [1.82, 2.24) is 4.98 Å². The first kappa shape index (κ1) is 9.54. The van der Waals surface area contributed by atoms with Gasteiger partial charge in [0, 0.05) is 22.8 Å². The summed E-state index contributed by atoms with van der Waals surface area (Å²) in [6, 6.07) is 1.33. The van der Waals surface area contributed by atoms with Crippen LogP contribution in [0.3, 0.4) is 0 Å². The van der Waals surface area contributed by atoms with Crippen molar-refractivity contribution >= 4 is 15.9 Å². The second kappa shape index (κ2) is 3.91. The van der Waals surface area contributed by atoms with Gasteiger partial charge in [0.2, 0.25) is 0 Å². The number of halogens is 3. The number of nitrogens with two attached hydrogens (primary N) is 1. The molecule has 0 unspecified atom stereocenters. The zero-order valence-corrected chi connectivity index (χ0v) is 7.68. The molecule has 0 atom stereocenters. The largest absolute Gasteiger partial charge is 0.325 e. The molecule has 0 aliphatic carbocycles. The van der Waals surface area contributed by atoms with E-state index in [0.717, 1.165) is 6.20 Å². The molecule has 0 saturated carbocycles. The molecule has 1 heterocycles. The fraction of sp³-hybridized carbons (Fsp3) is 0.286. The highest BCUT2D eigenvalue weighted by Crippen LogP contribution is 2.22. The van der Waals surface area contributed by atoms with Crippen molar-refractivity contribution in [1.29, 1.82) is 0 Å². The number of hydrogen-bond acceptors (Lipinski definition) is 2. The normalized spacial score (nSPS) is 10.8. The molecule has 2 nitrogen and oxygen atoms in total. The second-order valence-corrected chi connectivity index (χ2v) is 3.06. The van der Waals surface area contributed by atoms with Crippen LogP contribution >= 0.6 is 15.9 Å². The summed E-state index contributed by atoms with van der Waals surface area (Å²) in [6.07, 6.45) is -1.35. The molecule has 1 aromatic heterocycles. The van der Waals surface area contributed by atoms with Gasteiger partial charge in [-0.25, -0.2) is 8.78 Å². The minimum atomic E-state index is -2.49. The van der Waals surface area contributed by atoms with Crippen molar-refractivity contribution in [3.8, 4) is 0 Å². The van der Waals surface area contributed by atoms with Crippen molar-refractivity contribution < 1.29 is 8.78 Å². The first-order valence-corrected chi connectivity index (χ1v) is 4.07. The number of hydrogen-bond donors (Lipinski definition) is 1. The van der Waals surface area contributed by atoms with E-state index >= 15 is 0 Å². The molecule has 5 heteroatoms. The Morgan fingerprint density at radius 3 is 2.67 bits per heavy atom. The standard InChI is InChI=1S/C7H7BrF2N2/c8-5-1-4(7(9)10)3-12-6(5)2-11/h1,3,7H,2,11H2.